The number of hydrogen-bond donors (Lipinski definition) is 2. The molecule has 0 atom stereocenters. The van der Waals surface area contributed by atoms with Crippen LogP contribution in [0.3, 0.4) is 0 Å². The van der Waals surface area contributed by atoms with Gasteiger partial charge < -0.3 is 5.11 Å². The lowest BCUT2D eigenvalue weighted by molar-refractivity contribution is 0.471. The predicted molar refractivity (Wildman–Crippen MR) is 44.2 cm³/mol. The van der Waals surface area contributed by atoms with Crippen molar-refractivity contribution in [3.63, 3.8) is 0 Å². The van der Waals surface area contributed by atoms with Crippen molar-refractivity contribution in [3.05, 3.63) is 23.8 Å². The Morgan fingerprint density at radius 1 is 1.46 bits per heavy atom. The number of sulfonamides is 1. The molecule has 1 rings (SSSR count). The molecule has 0 spiro atoms. The monoisotopic (exact) mass is 198 g/mol. The lowest BCUT2D eigenvalue weighted by Gasteiger charge is -2.01. The Hall–Kier alpha value is -1.58. The second-order valence-corrected chi connectivity index (χ2v) is 3.84. The number of phenolic OH excluding ortho intramolecular Hbond substituents is 1. The molecule has 0 aliphatic rings. The summed E-state index contributed by atoms with van der Waals surface area (Å²) in [5, 5.41) is 22.5. The maximum absolute atomic E-state index is 10.9. The van der Waals surface area contributed by atoms with Crippen LogP contribution in [0.4, 0.5) is 0 Å². The Labute approximate surface area is 75.1 Å². The van der Waals surface area contributed by atoms with Crippen LogP contribution in [-0.2, 0) is 10.0 Å². The second kappa shape index (κ2) is 3.05. The van der Waals surface area contributed by atoms with Gasteiger partial charge in [0.05, 0.1) is 0 Å². The topological polar surface area (TPSA) is 104 Å². The highest BCUT2D eigenvalue weighted by Gasteiger charge is 2.16. The van der Waals surface area contributed by atoms with Gasteiger partial charge >= 0.3 is 0 Å². The van der Waals surface area contributed by atoms with Gasteiger partial charge in [-0.15, -0.1) is 0 Å². The highest BCUT2D eigenvalue weighted by Crippen LogP contribution is 2.22. The van der Waals surface area contributed by atoms with Crippen molar-refractivity contribution >= 4 is 10.0 Å². The number of benzene rings is 1. The van der Waals surface area contributed by atoms with Crippen LogP contribution >= 0.6 is 0 Å². The number of nitriles is 1. The van der Waals surface area contributed by atoms with E-state index in [9.17, 15) is 8.42 Å². The molecule has 0 saturated heterocycles. The molecule has 68 valence electrons. The Kier molecular flexibility index (Phi) is 2.23. The highest BCUT2D eigenvalue weighted by molar-refractivity contribution is 7.89. The molecule has 0 heterocycles. The zero-order chi connectivity index (χ0) is 10.1. The molecule has 0 bridgehead atoms. The first-order valence-corrected chi connectivity index (χ1v) is 4.76. The van der Waals surface area contributed by atoms with Gasteiger partial charge in [0, 0.05) is 0 Å². The van der Waals surface area contributed by atoms with Gasteiger partial charge in [0.15, 0.2) is 0 Å². The summed E-state index contributed by atoms with van der Waals surface area (Å²) in [5.74, 6) is -0.394. The third kappa shape index (κ3) is 1.77. The quantitative estimate of drug-likeness (QED) is 0.657. The maximum atomic E-state index is 10.9. The Morgan fingerprint density at radius 3 is 2.46 bits per heavy atom. The molecule has 13 heavy (non-hydrogen) atoms. The fraction of sp³-hybridized carbons (Fsp3) is 0. The predicted octanol–water partition coefficient (Wildman–Crippen LogP) is -0.0887. The SMILES string of the molecule is N#Cc1c(O)cccc1S(N)(=O)=O. The van der Waals surface area contributed by atoms with Crippen LogP contribution < -0.4 is 5.14 Å². The molecule has 0 amide bonds. The molecular formula is C7H6N2O3S. The van der Waals surface area contributed by atoms with E-state index in [1.54, 1.807) is 6.07 Å². The number of nitrogens with zero attached hydrogens (tertiary/aromatic N) is 1. The minimum atomic E-state index is -3.95. The van der Waals surface area contributed by atoms with Gasteiger partial charge in [-0.3, -0.25) is 0 Å². The summed E-state index contributed by atoms with van der Waals surface area (Å²) < 4.78 is 21.8. The fourth-order valence-corrected chi connectivity index (χ4v) is 1.57. The molecule has 1 aromatic carbocycles. The molecule has 0 aromatic heterocycles. The average molecular weight is 198 g/mol. The van der Waals surface area contributed by atoms with Crippen molar-refractivity contribution in [3.8, 4) is 11.8 Å². The molecule has 1 aromatic rings. The molecule has 0 aliphatic heterocycles. The van der Waals surface area contributed by atoms with Crippen molar-refractivity contribution in [2.24, 2.45) is 5.14 Å². The van der Waals surface area contributed by atoms with E-state index in [-0.39, 0.29) is 10.5 Å². The number of nitrogens with two attached hydrogens (primary N) is 1. The zero-order valence-corrected chi connectivity index (χ0v) is 7.25. The van der Waals surface area contributed by atoms with Gasteiger partial charge in [-0.1, -0.05) is 6.07 Å². The second-order valence-electron chi connectivity index (χ2n) is 2.31. The Morgan fingerprint density at radius 2 is 2.08 bits per heavy atom. The summed E-state index contributed by atoms with van der Waals surface area (Å²) in [6.45, 7) is 0. The van der Waals surface area contributed by atoms with Crippen LogP contribution in [0, 0.1) is 11.3 Å². The molecule has 0 radical (unpaired) electrons. The van der Waals surface area contributed by atoms with Crippen molar-refractivity contribution in [1.29, 1.82) is 5.26 Å². The molecule has 0 saturated carbocycles. The minimum Gasteiger partial charge on any atom is -0.507 e. The van der Waals surface area contributed by atoms with E-state index in [1.165, 1.54) is 12.1 Å². The third-order valence-corrected chi connectivity index (χ3v) is 2.38. The minimum absolute atomic E-state index is 0.329. The number of primary sulfonamides is 1. The van der Waals surface area contributed by atoms with Crippen LogP contribution in [0.25, 0.3) is 0 Å². The van der Waals surface area contributed by atoms with Crippen molar-refractivity contribution < 1.29 is 13.5 Å². The summed E-state index contributed by atoms with van der Waals surface area (Å²) in [5.41, 5.74) is -0.329. The van der Waals surface area contributed by atoms with Crippen molar-refractivity contribution in [2.75, 3.05) is 0 Å². The number of phenols is 1. The van der Waals surface area contributed by atoms with Crippen LogP contribution in [0.1, 0.15) is 5.56 Å². The first kappa shape index (κ1) is 9.51. The summed E-state index contributed by atoms with van der Waals surface area (Å²) in [7, 11) is -3.95. The van der Waals surface area contributed by atoms with E-state index in [4.69, 9.17) is 15.5 Å². The van der Waals surface area contributed by atoms with Crippen LogP contribution in [-0.4, -0.2) is 13.5 Å². The normalized spacial score (nSPS) is 10.8. The summed E-state index contributed by atoms with van der Waals surface area (Å²) in [6, 6.07) is 5.24. The Bertz CT molecular complexity index is 473. The molecule has 6 heteroatoms. The highest BCUT2D eigenvalue weighted by atomic mass is 32.2. The van der Waals surface area contributed by atoms with E-state index < -0.39 is 15.8 Å². The standard InChI is InChI=1S/C7H6N2O3S/c8-4-5-6(10)2-1-3-7(5)13(9,11)12/h1-3,10H,(H2,9,11,12). The smallest absolute Gasteiger partial charge is 0.239 e. The lowest BCUT2D eigenvalue weighted by atomic mass is 10.2. The summed E-state index contributed by atoms with van der Waals surface area (Å²) in [6.07, 6.45) is 0. The summed E-state index contributed by atoms with van der Waals surface area (Å²) >= 11 is 0. The van der Waals surface area contributed by atoms with Gasteiger partial charge in [0.1, 0.15) is 22.3 Å². The van der Waals surface area contributed by atoms with Crippen LogP contribution in [0.2, 0.25) is 0 Å². The molecule has 0 unspecified atom stereocenters. The van der Waals surface area contributed by atoms with Crippen molar-refractivity contribution in [1.82, 2.24) is 0 Å². The molecule has 0 aliphatic carbocycles. The van der Waals surface area contributed by atoms with Crippen molar-refractivity contribution in [2.45, 2.75) is 4.90 Å². The van der Waals surface area contributed by atoms with Gasteiger partial charge in [0.25, 0.3) is 0 Å². The summed E-state index contributed by atoms with van der Waals surface area (Å²) in [4.78, 5) is -0.366. The van der Waals surface area contributed by atoms with E-state index >= 15 is 0 Å². The first-order chi connectivity index (χ1) is 5.96. The first-order valence-electron chi connectivity index (χ1n) is 3.21. The van der Waals surface area contributed by atoms with Crippen LogP contribution in [0.15, 0.2) is 23.1 Å². The van der Waals surface area contributed by atoms with Crippen LogP contribution in [0.5, 0.6) is 5.75 Å². The van der Waals surface area contributed by atoms with Gasteiger partial charge in [-0.25, -0.2) is 13.6 Å². The number of aromatic hydroxyl groups is 1. The zero-order valence-electron chi connectivity index (χ0n) is 6.43. The van der Waals surface area contributed by atoms with Gasteiger partial charge in [-0.05, 0) is 12.1 Å². The third-order valence-electron chi connectivity index (χ3n) is 1.42. The van der Waals surface area contributed by atoms with Gasteiger partial charge in [0.2, 0.25) is 10.0 Å². The molecule has 5 nitrogen and oxygen atoms in total. The number of hydrogen-bond acceptors (Lipinski definition) is 4. The molecule has 0 fully saturated rings. The van der Waals surface area contributed by atoms with E-state index in [0.717, 1.165) is 6.07 Å². The van der Waals surface area contributed by atoms with E-state index in [1.807, 2.05) is 0 Å². The lowest BCUT2D eigenvalue weighted by Crippen LogP contribution is -2.13. The fourth-order valence-electron chi connectivity index (χ4n) is 0.869. The van der Waals surface area contributed by atoms with E-state index in [2.05, 4.69) is 0 Å². The van der Waals surface area contributed by atoms with Gasteiger partial charge in [-0.2, -0.15) is 5.26 Å². The average Bonchev–Trinajstić information content (AvgIpc) is 2.02. The van der Waals surface area contributed by atoms with E-state index in [0.29, 0.717) is 0 Å². The Balaban J connectivity index is 3.59. The largest absolute Gasteiger partial charge is 0.507 e. The number of rotatable bonds is 1. The molecule has 3 N–H and O–H groups in total. The maximum Gasteiger partial charge on any atom is 0.239 e. The molecular weight excluding hydrogens is 192 g/mol.